The molecule has 0 saturated carbocycles. The third-order valence-corrected chi connectivity index (χ3v) is 5.64. The van der Waals surface area contributed by atoms with Crippen molar-refractivity contribution in [1.29, 1.82) is 5.41 Å². The summed E-state index contributed by atoms with van der Waals surface area (Å²) >= 11 is 0. The molecule has 2 aromatic heterocycles. The van der Waals surface area contributed by atoms with Crippen molar-refractivity contribution in [2.45, 2.75) is 52.2 Å². The van der Waals surface area contributed by atoms with Gasteiger partial charge in [-0.15, -0.1) is 0 Å². The molecule has 10 heteroatoms. The van der Waals surface area contributed by atoms with Crippen molar-refractivity contribution in [1.82, 2.24) is 10.3 Å². The fourth-order valence-electron chi connectivity index (χ4n) is 4.06. The maximum Gasteiger partial charge on any atom is 0.414 e. The molecule has 0 aromatic carbocycles. The number of anilines is 1. The lowest BCUT2D eigenvalue weighted by Crippen LogP contribution is -2.46. The van der Waals surface area contributed by atoms with Crippen molar-refractivity contribution in [2.24, 2.45) is 0 Å². The van der Waals surface area contributed by atoms with Gasteiger partial charge in [0.1, 0.15) is 5.69 Å². The van der Waals surface area contributed by atoms with E-state index in [0.717, 1.165) is 6.42 Å². The van der Waals surface area contributed by atoms with Crippen LogP contribution in [0.25, 0.3) is 16.7 Å². The quantitative estimate of drug-likeness (QED) is 0.412. The number of allylic oxidation sites excluding steroid dienone is 1. The first-order chi connectivity index (χ1) is 16.5. The zero-order valence-electron chi connectivity index (χ0n) is 20.1. The highest BCUT2D eigenvalue weighted by atomic mass is 16.6. The molecule has 0 radical (unpaired) electrons. The van der Waals surface area contributed by atoms with E-state index in [1.807, 2.05) is 6.92 Å². The van der Waals surface area contributed by atoms with Crippen LogP contribution in [-0.2, 0) is 14.2 Å². The van der Waals surface area contributed by atoms with Crippen LogP contribution in [0.2, 0.25) is 0 Å². The monoisotopic (exact) mass is 472 g/mol. The Hall–Kier alpha value is -3.40. The van der Waals surface area contributed by atoms with Crippen LogP contribution in [0.15, 0.2) is 22.9 Å². The summed E-state index contributed by atoms with van der Waals surface area (Å²) in [6.07, 6.45) is 5.76. The highest BCUT2D eigenvalue weighted by Crippen LogP contribution is 2.38. The van der Waals surface area contributed by atoms with E-state index in [1.165, 1.54) is 11.1 Å². The van der Waals surface area contributed by atoms with Crippen LogP contribution in [0.5, 0.6) is 0 Å². The predicted molar refractivity (Wildman–Crippen MR) is 128 cm³/mol. The predicted octanol–water partition coefficient (Wildman–Crippen LogP) is 4.13. The molecule has 2 atom stereocenters. The molecule has 2 N–H and O–H groups in total. The number of fused-ring (bicyclic) bond motifs is 1. The number of aromatic nitrogens is 1. The van der Waals surface area contributed by atoms with Crippen molar-refractivity contribution < 1.29 is 28.2 Å². The smallest absolute Gasteiger partial charge is 0.414 e. The topological polar surface area (TPSA) is 127 Å². The summed E-state index contributed by atoms with van der Waals surface area (Å²) in [4.78, 5) is 32.0. The molecule has 1 amide bonds. The first-order valence-corrected chi connectivity index (χ1v) is 11.5. The number of hydrogen-bond donors (Lipinski definition) is 2. The molecule has 3 heterocycles. The number of pyridine rings is 1. The summed E-state index contributed by atoms with van der Waals surface area (Å²) in [5, 5.41) is 11.1. The van der Waals surface area contributed by atoms with Gasteiger partial charge in [0, 0.05) is 49.4 Å². The Morgan fingerprint density at radius 3 is 2.71 bits per heavy atom. The fourth-order valence-corrected chi connectivity index (χ4v) is 4.06. The number of carbonyl (C=O) groups excluding carboxylic acids is 2. The number of furan rings is 1. The highest BCUT2D eigenvalue weighted by molar-refractivity contribution is 6.12. The summed E-state index contributed by atoms with van der Waals surface area (Å²) in [6, 6.07) is 1.48. The van der Waals surface area contributed by atoms with Crippen LogP contribution in [0, 0.1) is 5.41 Å². The van der Waals surface area contributed by atoms with Crippen LogP contribution in [0.1, 0.15) is 56.2 Å². The molecule has 0 spiro atoms. The second-order valence-corrected chi connectivity index (χ2v) is 7.76. The van der Waals surface area contributed by atoms with E-state index in [9.17, 15) is 9.59 Å². The number of amides is 1. The molecular formula is C24H32N4O6. The maximum absolute atomic E-state index is 13.3. The molecule has 34 heavy (non-hydrogen) atoms. The van der Waals surface area contributed by atoms with Gasteiger partial charge in [0.25, 0.3) is 0 Å². The number of nitrogens with one attached hydrogen (secondary N) is 2. The Labute approximate surface area is 198 Å². The van der Waals surface area contributed by atoms with E-state index in [2.05, 4.69) is 10.3 Å². The number of esters is 1. The van der Waals surface area contributed by atoms with Gasteiger partial charge < -0.3 is 29.4 Å². The summed E-state index contributed by atoms with van der Waals surface area (Å²) < 4.78 is 22.3. The standard InChI is InChI=1S/C24H32N4O6/c1-5-18-11-17(8-9-33-18)28(24(30)32-7-3)20-19-10-15(16(12-25)13-26-4)14-27-22(19)34-21(20)23(29)31-6-2/h10,12-14,17-18,25-26H,5-9,11H2,1-4H3/b16-13+,25-12?/t17-,18-/m0/s1. The van der Waals surface area contributed by atoms with Gasteiger partial charge in [0.15, 0.2) is 0 Å². The lowest BCUT2D eigenvalue weighted by Gasteiger charge is -2.36. The third-order valence-electron chi connectivity index (χ3n) is 5.64. The minimum Gasteiger partial charge on any atom is -0.460 e. The normalized spacial score (nSPS) is 18.4. The molecular weight excluding hydrogens is 440 g/mol. The number of rotatable bonds is 9. The third kappa shape index (κ3) is 5.22. The van der Waals surface area contributed by atoms with Crippen LogP contribution in [0.3, 0.4) is 0 Å². The Morgan fingerprint density at radius 1 is 1.29 bits per heavy atom. The largest absolute Gasteiger partial charge is 0.460 e. The Bertz CT molecular complexity index is 1060. The van der Waals surface area contributed by atoms with Crippen LogP contribution < -0.4 is 10.2 Å². The van der Waals surface area contributed by atoms with E-state index in [0.29, 0.717) is 36.0 Å². The average Bonchev–Trinajstić information content (AvgIpc) is 3.22. The molecule has 10 nitrogen and oxygen atoms in total. The zero-order chi connectivity index (χ0) is 24.7. The lowest BCUT2D eigenvalue weighted by molar-refractivity contribution is 0.00465. The van der Waals surface area contributed by atoms with E-state index >= 15 is 0 Å². The van der Waals surface area contributed by atoms with Gasteiger partial charge in [-0.05, 0) is 39.2 Å². The SMILES string of the molecule is CCOC(=O)c1oc2ncc(/C(C=N)=C/NC)cc2c1N(C(=O)OCC)[C@H]1CCO[C@@H](CC)C1. The molecule has 0 bridgehead atoms. The number of nitrogens with zero attached hydrogens (tertiary/aromatic N) is 2. The van der Waals surface area contributed by atoms with E-state index in [1.54, 1.807) is 39.4 Å². The molecule has 1 fully saturated rings. The van der Waals surface area contributed by atoms with Crippen LogP contribution >= 0.6 is 0 Å². The summed E-state index contributed by atoms with van der Waals surface area (Å²) in [5.74, 6) is -0.799. The summed E-state index contributed by atoms with van der Waals surface area (Å²) in [6.45, 7) is 6.26. The van der Waals surface area contributed by atoms with Crippen molar-refractivity contribution >= 4 is 40.6 Å². The van der Waals surface area contributed by atoms with Crippen LogP contribution in [0.4, 0.5) is 10.5 Å². The molecule has 1 aliphatic rings. The van der Waals surface area contributed by atoms with Crippen molar-refractivity contribution in [2.75, 3.05) is 31.8 Å². The highest BCUT2D eigenvalue weighted by Gasteiger charge is 2.38. The summed E-state index contributed by atoms with van der Waals surface area (Å²) in [5.41, 5.74) is 1.64. The van der Waals surface area contributed by atoms with Crippen molar-refractivity contribution in [3.63, 3.8) is 0 Å². The number of ether oxygens (including phenoxy) is 3. The van der Waals surface area contributed by atoms with Gasteiger partial charge in [-0.2, -0.15) is 0 Å². The fraction of sp³-hybridized carbons (Fsp3) is 0.500. The summed E-state index contributed by atoms with van der Waals surface area (Å²) in [7, 11) is 1.73. The van der Waals surface area contributed by atoms with Crippen molar-refractivity contribution in [3.8, 4) is 0 Å². The molecule has 184 valence electrons. The van der Waals surface area contributed by atoms with E-state index < -0.39 is 12.1 Å². The molecule has 1 aliphatic heterocycles. The first-order valence-electron chi connectivity index (χ1n) is 11.5. The van der Waals surface area contributed by atoms with Gasteiger partial charge in [0.2, 0.25) is 11.5 Å². The molecule has 0 aliphatic carbocycles. The van der Waals surface area contributed by atoms with Gasteiger partial charge >= 0.3 is 12.1 Å². The second kappa shape index (κ2) is 11.6. The Balaban J connectivity index is 2.25. The van der Waals surface area contributed by atoms with Gasteiger partial charge in [-0.25, -0.2) is 14.6 Å². The zero-order valence-corrected chi connectivity index (χ0v) is 20.1. The minimum atomic E-state index is -0.691. The second-order valence-electron chi connectivity index (χ2n) is 7.76. The Morgan fingerprint density at radius 2 is 2.06 bits per heavy atom. The first kappa shape index (κ1) is 25.2. The average molecular weight is 473 g/mol. The van der Waals surface area contributed by atoms with E-state index in [4.69, 9.17) is 24.0 Å². The van der Waals surface area contributed by atoms with Crippen LogP contribution in [-0.4, -0.2) is 62.3 Å². The Kier molecular flexibility index (Phi) is 8.64. The maximum atomic E-state index is 13.3. The van der Waals surface area contributed by atoms with Gasteiger partial charge in [-0.3, -0.25) is 4.90 Å². The molecule has 1 saturated heterocycles. The number of hydrogen-bond acceptors (Lipinski definition) is 9. The minimum absolute atomic E-state index is 0.0170. The molecule has 3 rings (SSSR count). The van der Waals surface area contributed by atoms with E-state index in [-0.39, 0.29) is 42.5 Å². The lowest BCUT2D eigenvalue weighted by atomic mass is 9.99. The molecule has 0 unspecified atom stereocenters. The van der Waals surface area contributed by atoms with Gasteiger partial charge in [-0.1, -0.05) is 6.92 Å². The van der Waals surface area contributed by atoms with Gasteiger partial charge in [0.05, 0.1) is 24.7 Å². The number of carbonyl (C=O) groups is 2. The van der Waals surface area contributed by atoms with Crippen molar-refractivity contribution in [3.05, 3.63) is 29.8 Å². The molecule has 2 aromatic rings.